The Morgan fingerprint density at radius 3 is 2.62 bits per heavy atom. The van der Waals surface area contributed by atoms with Crippen LogP contribution in [-0.2, 0) is 32.0 Å². The highest BCUT2D eigenvalue weighted by Gasteiger charge is 2.17. The van der Waals surface area contributed by atoms with E-state index in [1.54, 1.807) is 17.4 Å². The van der Waals surface area contributed by atoms with Crippen LogP contribution in [0.15, 0.2) is 66.2 Å². The molecule has 0 radical (unpaired) electrons. The van der Waals surface area contributed by atoms with Gasteiger partial charge in [0, 0.05) is 58.1 Å². The number of aromatic nitrogens is 1. The molecule has 198 valence electrons. The number of rotatable bonds is 8. The zero-order chi connectivity index (χ0) is 27.7. The van der Waals surface area contributed by atoms with Crippen LogP contribution in [0.4, 0.5) is 11.4 Å². The number of nitrogens with two attached hydrogens (primary N) is 1. The van der Waals surface area contributed by atoms with E-state index in [1.165, 1.54) is 19.1 Å². The lowest BCUT2D eigenvalue weighted by molar-refractivity contribution is -0.384. The van der Waals surface area contributed by atoms with Crippen molar-refractivity contribution in [2.45, 2.75) is 19.9 Å². The Balaban J connectivity index is 1.57. The number of non-ortho nitro benzene ring substituents is 1. The summed E-state index contributed by atoms with van der Waals surface area (Å²) in [5.74, 6) is -1.09. The first kappa shape index (κ1) is 26.2. The Hall–Kier alpha value is -4.41. The van der Waals surface area contributed by atoms with Crippen molar-refractivity contribution in [3.63, 3.8) is 0 Å². The molecule has 2 heterocycles. The second-order valence-corrected chi connectivity index (χ2v) is 10.3. The number of nitro groups is 1. The van der Waals surface area contributed by atoms with Crippen LogP contribution < -0.4 is 5.73 Å². The van der Waals surface area contributed by atoms with Crippen LogP contribution in [0.2, 0.25) is 5.02 Å². The van der Waals surface area contributed by atoms with Gasteiger partial charge in [0.15, 0.2) is 0 Å². The molecular weight excluding hydrogens is 542 g/mol. The fraction of sp³-hybridized carbons (Fsp3) is 0.143. The number of thiophene rings is 1. The third-order valence-electron chi connectivity index (χ3n) is 6.22. The van der Waals surface area contributed by atoms with Gasteiger partial charge in [-0.1, -0.05) is 23.7 Å². The Kier molecular flexibility index (Phi) is 7.23. The summed E-state index contributed by atoms with van der Waals surface area (Å²) in [5.41, 5.74) is 10.1. The second-order valence-electron chi connectivity index (χ2n) is 8.93. The van der Waals surface area contributed by atoms with Crippen LogP contribution in [0.3, 0.4) is 0 Å². The third-order valence-corrected chi connectivity index (χ3v) is 7.47. The molecule has 0 saturated heterocycles. The number of anilines is 1. The van der Waals surface area contributed by atoms with Gasteiger partial charge in [0.2, 0.25) is 6.79 Å². The molecule has 39 heavy (non-hydrogen) atoms. The van der Waals surface area contributed by atoms with E-state index in [0.29, 0.717) is 17.1 Å². The Morgan fingerprint density at radius 1 is 1.03 bits per heavy atom. The molecule has 5 rings (SSSR count). The number of carbonyl (C=O) groups is 2. The lowest BCUT2D eigenvalue weighted by Crippen LogP contribution is -2.12. The smallest absolute Gasteiger partial charge is 0.313 e. The SMILES string of the molecule is CC(=O)OCOC(=O)Cc1cn(Cc2csc3ccc(Cl)cc23)c2cc(-c3cc(N)cc([N+](=O)[O-])c3)ccc12. The molecule has 0 aliphatic rings. The van der Waals surface area contributed by atoms with Crippen LogP contribution in [-0.4, -0.2) is 28.2 Å². The van der Waals surface area contributed by atoms with E-state index in [-0.39, 0.29) is 17.8 Å². The summed E-state index contributed by atoms with van der Waals surface area (Å²) in [6, 6.07) is 15.9. The number of hydrogen-bond acceptors (Lipinski definition) is 8. The highest BCUT2D eigenvalue weighted by molar-refractivity contribution is 7.17. The van der Waals surface area contributed by atoms with Crippen molar-refractivity contribution in [2.24, 2.45) is 0 Å². The second kappa shape index (κ2) is 10.8. The molecule has 0 fully saturated rings. The molecule has 0 atom stereocenters. The van der Waals surface area contributed by atoms with Crippen molar-refractivity contribution in [1.29, 1.82) is 0 Å². The van der Waals surface area contributed by atoms with Gasteiger partial charge in [0.1, 0.15) is 0 Å². The number of benzene rings is 3. The maximum absolute atomic E-state index is 12.5. The number of halogens is 1. The number of ether oxygens (including phenoxy) is 2. The van der Waals surface area contributed by atoms with Gasteiger partial charge in [-0.25, -0.2) is 0 Å². The summed E-state index contributed by atoms with van der Waals surface area (Å²) in [6.45, 7) is 1.28. The normalized spacial score (nSPS) is 11.1. The lowest BCUT2D eigenvalue weighted by atomic mass is 10.0. The summed E-state index contributed by atoms with van der Waals surface area (Å²) < 4.78 is 12.9. The molecule has 9 nitrogen and oxygen atoms in total. The molecule has 2 aromatic heterocycles. The number of nitrogen functional groups attached to an aromatic ring is 1. The average molecular weight is 564 g/mol. The van der Waals surface area contributed by atoms with Crippen LogP contribution in [0.1, 0.15) is 18.1 Å². The van der Waals surface area contributed by atoms with E-state index in [2.05, 4.69) is 5.38 Å². The van der Waals surface area contributed by atoms with Gasteiger partial charge < -0.3 is 19.8 Å². The van der Waals surface area contributed by atoms with Crippen molar-refractivity contribution < 1.29 is 24.0 Å². The zero-order valence-electron chi connectivity index (χ0n) is 20.7. The molecule has 0 spiro atoms. The number of nitro benzene ring substituents is 1. The van der Waals surface area contributed by atoms with Gasteiger partial charge in [0.05, 0.1) is 11.3 Å². The summed E-state index contributed by atoms with van der Waals surface area (Å²) in [4.78, 5) is 34.4. The highest BCUT2D eigenvalue weighted by atomic mass is 35.5. The van der Waals surface area contributed by atoms with Crippen molar-refractivity contribution in [2.75, 3.05) is 12.5 Å². The lowest BCUT2D eigenvalue weighted by Gasteiger charge is -2.08. The fourth-order valence-electron chi connectivity index (χ4n) is 4.47. The highest BCUT2D eigenvalue weighted by Crippen LogP contribution is 2.34. The summed E-state index contributed by atoms with van der Waals surface area (Å²) in [7, 11) is 0. The van der Waals surface area contributed by atoms with Gasteiger partial charge in [-0.2, -0.15) is 0 Å². The van der Waals surface area contributed by atoms with Gasteiger partial charge in [-0.05, 0) is 63.4 Å². The summed E-state index contributed by atoms with van der Waals surface area (Å²) in [5, 5.41) is 16.0. The molecule has 0 aliphatic heterocycles. The van der Waals surface area contributed by atoms with Gasteiger partial charge in [-0.15, -0.1) is 11.3 Å². The van der Waals surface area contributed by atoms with Crippen LogP contribution >= 0.6 is 22.9 Å². The van der Waals surface area contributed by atoms with Gasteiger partial charge >= 0.3 is 11.9 Å². The third kappa shape index (κ3) is 5.71. The van der Waals surface area contributed by atoms with Crippen molar-refractivity contribution >= 4 is 67.2 Å². The first-order valence-electron chi connectivity index (χ1n) is 11.8. The van der Waals surface area contributed by atoms with E-state index in [1.807, 2.05) is 47.2 Å². The van der Waals surface area contributed by atoms with E-state index < -0.39 is 23.7 Å². The standard InChI is InChI=1S/C28H22ClN3O6S/c1-16(33)37-15-38-28(34)9-19-12-31(13-20-14-39-27-5-3-21(29)10-25(20)27)26-8-17(2-4-24(19)26)18-6-22(30)11-23(7-18)32(35)36/h2-8,10-12,14H,9,13,15,30H2,1H3. The first-order chi connectivity index (χ1) is 18.7. The van der Waals surface area contributed by atoms with E-state index in [9.17, 15) is 19.7 Å². The minimum absolute atomic E-state index is 0.0376. The Labute approximate surface area is 231 Å². The maximum Gasteiger partial charge on any atom is 0.313 e. The molecule has 0 aliphatic carbocycles. The van der Waals surface area contributed by atoms with Gasteiger partial charge in [-0.3, -0.25) is 19.7 Å². The summed E-state index contributed by atoms with van der Waals surface area (Å²) in [6.07, 6.45) is 1.85. The molecular formula is C28H22ClN3O6S. The van der Waals surface area contributed by atoms with Crippen molar-refractivity contribution in [3.8, 4) is 11.1 Å². The van der Waals surface area contributed by atoms with Gasteiger partial charge in [0.25, 0.3) is 5.69 Å². The molecule has 0 saturated carbocycles. The molecule has 2 N–H and O–H groups in total. The molecule has 5 aromatic rings. The fourth-order valence-corrected chi connectivity index (χ4v) is 5.58. The number of fused-ring (bicyclic) bond motifs is 2. The van der Waals surface area contributed by atoms with E-state index in [0.717, 1.165) is 37.7 Å². The quantitative estimate of drug-likeness (QED) is 0.0769. The largest absolute Gasteiger partial charge is 0.428 e. The van der Waals surface area contributed by atoms with Crippen LogP contribution in [0.5, 0.6) is 0 Å². The Morgan fingerprint density at radius 2 is 1.85 bits per heavy atom. The first-order valence-corrected chi connectivity index (χ1v) is 13.1. The predicted octanol–water partition coefficient (Wildman–Crippen LogP) is 6.32. The number of carbonyl (C=O) groups excluding carboxylic acids is 2. The molecule has 0 bridgehead atoms. The van der Waals surface area contributed by atoms with Crippen molar-refractivity contribution in [3.05, 3.63) is 92.4 Å². The Bertz CT molecular complexity index is 1760. The minimum Gasteiger partial charge on any atom is -0.428 e. The number of nitrogens with zero attached hydrogens (tertiary/aromatic N) is 2. The average Bonchev–Trinajstić information content (AvgIpc) is 3.44. The molecule has 0 unspecified atom stereocenters. The number of hydrogen-bond donors (Lipinski definition) is 1. The number of esters is 2. The molecule has 11 heteroatoms. The van der Waals surface area contributed by atoms with E-state index >= 15 is 0 Å². The van der Waals surface area contributed by atoms with E-state index in [4.69, 9.17) is 26.8 Å². The molecule has 0 amide bonds. The van der Waals surface area contributed by atoms with Crippen molar-refractivity contribution in [1.82, 2.24) is 4.57 Å². The zero-order valence-corrected chi connectivity index (χ0v) is 22.3. The minimum atomic E-state index is -0.545. The topological polar surface area (TPSA) is 127 Å². The summed E-state index contributed by atoms with van der Waals surface area (Å²) >= 11 is 7.88. The predicted molar refractivity (Wildman–Crippen MR) is 151 cm³/mol. The maximum atomic E-state index is 12.5. The van der Waals surface area contributed by atoms with Crippen LogP contribution in [0, 0.1) is 10.1 Å². The van der Waals surface area contributed by atoms with Crippen LogP contribution in [0.25, 0.3) is 32.1 Å². The molecule has 3 aromatic carbocycles. The monoisotopic (exact) mass is 563 g/mol.